The van der Waals surface area contributed by atoms with Gasteiger partial charge in [0.25, 0.3) is 11.8 Å². The van der Waals surface area contributed by atoms with Crippen LogP contribution < -0.4 is 0 Å². The summed E-state index contributed by atoms with van der Waals surface area (Å²) in [5, 5.41) is 9.81. The van der Waals surface area contributed by atoms with Gasteiger partial charge >= 0.3 is 0 Å². The van der Waals surface area contributed by atoms with E-state index in [9.17, 15) is 14.7 Å². The summed E-state index contributed by atoms with van der Waals surface area (Å²) in [4.78, 5) is 26.9. The molecule has 0 saturated carbocycles. The predicted octanol–water partition coefficient (Wildman–Crippen LogP) is 0.205. The van der Waals surface area contributed by atoms with E-state index in [0.29, 0.717) is 17.7 Å². The number of amides is 2. The summed E-state index contributed by atoms with van der Waals surface area (Å²) in [5.41, 5.74) is 0.833. The van der Waals surface area contributed by atoms with E-state index in [4.69, 9.17) is 0 Å². The normalized spacial score (nSPS) is 16.3. The molecule has 2 amide bonds. The molecule has 0 spiro atoms. The molecule has 1 aromatic rings. The number of nitrogens with zero attached hydrogens (tertiary/aromatic N) is 2. The van der Waals surface area contributed by atoms with Crippen molar-refractivity contribution in [1.82, 2.24) is 9.80 Å². The Balaban J connectivity index is 2.14. The molecule has 0 aromatic heterocycles. The molecular formula is C13H16N2O3. The fourth-order valence-corrected chi connectivity index (χ4v) is 2.09. The van der Waals surface area contributed by atoms with Crippen LogP contribution in [-0.2, 0) is 0 Å². The summed E-state index contributed by atoms with van der Waals surface area (Å²) in [6.45, 7) is 0.442. The summed E-state index contributed by atoms with van der Waals surface area (Å²) >= 11 is 0. The Bertz CT molecular complexity index is 450. The number of likely N-dealkylation sites (N-methyl/N-ethyl adjacent to an activating group) is 1. The lowest BCUT2D eigenvalue weighted by Gasteiger charge is -2.21. The lowest BCUT2D eigenvalue weighted by molar-refractivity contribution is 0.0506. The minimum Gasteiger partial charge on any atom is -0.390 e. The molecule has 0 aliphatic carbocycles. The van der Waals surface area contributed by atoms with Crippen LogP contribution in [-0.4, -0.2) is 60.0 Å². The van der Waals surface area contributed by atoms with Crippen molar-refractivity contribution in [2.24, 2.45) is 0 Å². The predicted molar refractivity (Wildman–Crippen MR) is 66.4 cm³/mol. The molecule has 0 radical (unpaired) electrons. The maximum Gasteiger partial charge on any atom is 0.261 e. The number of carbonyl (C=O) groups excluding carboxylic acids is 2. The van der Waals surface area contributed by atoms with Crippen molar-refractivity contribution < 1.29 is 14.7 Å². The summed E-state index contributed by atoms with van der Waals surface area (Å²) in [7, 11) is 3.65. The molecule has 1 aliphatic heterocycles. The number of hydrogen-bond donors (Lipinski definition) is 1. The molecule has 1 unspecified atom stereocenters. The van der Waals surface area contributed by atoms with Crippen molar-refractivity contribution in [3.8, 4) is 0 Å². The molecule has 0 saturated heterocycles. The van der Waals surface area contributed by atoms with Crippen molar-refractivity contribution >= 4 is 11.8 Å². The Morgan fingerprint density at radius 2 is 1.67 bits per heavy atom. The average Bonchev–Trinajstić information content (AvgIpc) is 2.54. The van der Waals surface area contributed by atoms with E-state index < -0.39 is 6.10 Å². The van der Waals surface area contributed by atoms with Crippen LogP contribution in [0.15, 0.2) is 24.3 Å². The van der Waals surface area contributed by atoms with Gasteiger partial charge in [0.2, 0.25) is 0 Å². The molecule has 2 rings (SSSR count). The molecule has 1 atom stereocenters. The Hall–Kier alpha value is -1.72. The van der Waals surface area contributed by atoms with E-state index in [1.807, 2.05) is 19.0 Å². The van der Waals surface area contributed by atoms with Gasteiger partial charge in [0.1, 0.15) is 0 Å². The van der Waals surface area contributed by atoms with Gasteiger partial charge in [-0.25, -0.2) is 0 Å². The maximum atomic E-state index is 12.0. The van der Waals surface area contributed by atoms with Crippen LogP contribution in [0.2, 0.25) is 0 Å². The molecule has 5 heteroatoms. The number of hydrogen-bond acceptors (Lipinski definition) is 4. The Morgan fingerprint density at radius 1 is 1.17 bits per heavy atom. The first-order chi connectivity index (χ1) is 8.50. The molecule has 0 bridgehead atoms. The maximum absolute atomic E-state index is 12.0. The second kappa shape index (κ2) is 4.88. The highest BCUT2D eigenvalue weighted by molar-refractivity contribution is 6.21. The van der Waals surface area contributed by atoms with Crippen LogP contribution in [0.3, 0.4) is 0 Å². The minimum absolute atomic E-state index is 0.0323. The lowest BCUT2D eigenvalue weighted by atomic mass is 10.1. The standard InChI is InChI=1S/C13H16N2O3/c1-14(2)7-9(16)8-15-12(17)10-5-3-4-6-11(10)13(15)18/h3-6,9,16H,7-8H2,1-2H3. The smallest absolute Gasteiger partial charge is 0.261 e. The molecule has 96 valence electrons. The zero-order chi connectivity index (χ0) is 13.3. The number of imide groups is 1. The number of aliphatic hydroxyl groups is 1. The van der Waals surface area contributed by atoms with Gasteiger partial charge < -0.3 is 10.0 Å². The Labute approximate surface area is 106 Å². The van der Waals surface area contributed by atoms with E-state index >= 15 is 0 Å². The molecule has 1 aliphatic rings. The number of β-amino-alcohol motifs (C(OH)–C–C–N with tert-alkyl or cyclic N) is 1. The average molecular weight is 248 g/mol. The van der Waals surface area contributed by atoms with Crippen molar-refractivity contribution in [3.63, 3.8) is 0 Å². The van der Waals surface area contributed by atoms with Gasteiger partial charge in [0.05, 0.1) is 23.8 Å². The van der Waals surface area contributed by atoms with Gasteiger partial charge in [-0.3, -0.25) is 14.5 Å². The Morgan fingerprint density at radius 3 is 2.11 bits per heavy atom. The largest absolute Gasteiger partial charge is 0.390 e. The van der Waals surface area contributed by atoms with Crippen LogP contribution in [0.25, 0.3) is 0 Å². The molecule has 0 fully saturated rings. The zero-order valence-corrected chi connectivity index (χ0v) is 10.5. The quantitative estimate of drug-likeness (QED) is 0.774. The van der Waals surface area contributed by atoms with Gasteiger partial charge in [0, 0.05) is 6.54 Å². The first-order valence-electron chi connectivity index (χ1n) is 5.78. The zero-order valence-electron chi connectivity index (χ0n) is 10.5. The first-order valence-corrected chi connectivity index (χ1v) is 5.78. The second-order valence-corrected chi connectivity index (χ2v) is 4.68. The van der Waals surface area contributed by atoms with Crippen LogP contribution in [0.1, 0.15) is 20.7 Å². The van der Waals surface area contributed by atoms with Gasteiger partial charge in [-0.1, -0.05) is 12.1 Å². The van der Waals surface area contributed by atoms with Crippen molar-refractivity contribution in [1.29, 1.82) is 0 Å². The summed E-state index contributed by atoms with van der Waals surface area (Å²) < 4.78 is 0. The SMILES string of the molecule is CN(C)CC(O)CN1C(=O)c2ccccc2C1=O. The van der Waals surface area contributed by atoms with Crippen molar-refractivity contribution in [2.45, 2.75) is 6.10 Å². The summed E-state index contributed by atoms with van der Waals surface area (Å²) in [6.07, 6.45) is -0.734. The van der Waals surface area contributed by atoms with Crippen LogP contribution in [0.5, 0.6) is 0 Å². The van der Waals surface area contributed by atoms with E-state index in [0.717, 1.165) is 4.90 Å². The van der Waals surface area contributed by atoms with Gasteiger partial charge in [0.15, 0.2) is 0 Å². The number of rotatable bonds is 4. The molecule has 18 heavy (non-hydrogen) atoms. The van der Waals surface area contributed by atoms with Crippen molar-refractivity contribution in [3.05, 3.63) is 35.4 Å². The van der Waals surface area contributed by atoms with Crippen LogP contribution >= 0.6 is 0 Å². The lowest BCUT2D eigenvalue weighted by Crippen LogP contribution is -2.40. The van der Waals surface area contributed by atoms with Gasteiger partial charge in [-0.2, -0.15) is 0 Å². The van der Waals surface area contributed by atoms with Crippen LogP contribution in [0, 0.1) is 0 Å². The second-order valence-electron chi connectivity index (χ2n) is 4.68. The molecule has 5 nitrogen and oxygen atoms in total. The molecule has 1 heterocycles. The first kappa shape index (κ1) is 12.7. The highest BCUT2D eigenvalue weighted by atomic mass is 16.3. The van der Waals surface area contributed by atoms with E-state index in [1.165, 1.54) is 0 Å². The fraction of sp³-hybridized carbons (Fsp3) is 0.385. The molecule has 1 aromatic carbocycles. The molecule has 1 N–H and O–H groups in total. The highest BCUT2D eigenvalue weighted by Crippen LogP contribution is 2.22. The van der Waals surface area contributed by atoms with Crippen LogP contribution in [0.4, 0.5) is 0 Å². The summed E-state index contributed by atoms with van der Waals surface area (Å²) in [5.74, 6) is -0.651. The Kier molecular flexibility index (Phi) is 3.45. The van der Waals surface area contributed by atoms with E-state index in [-0.39, 0.29) is 18.4 Å². The highest BCUT2D eigenvalue weighted by Gasteiger charge is 2.35. The number of benzene rings is 1. The fourth-order valence-electron chi connectivity index (χ4n) is 2.09. The van der Waals surface area contributed by atoms with Crippen molar-refractivity contribution in [2.75, 3.05) is 27.2 Å². The van der Waals surface area contributed by atoms with E-state index in [2.05, 4.69) is 0 Å². The number of fused-ring (bicyclic) bond motifs is 1. The topological polar surface area (TPSA) is 60.9 Å². The molecular weight excluding hydrogens is 232 g/mol. The summed E-state index contributed by atoms with van der Waals surface area (Å²) in [6, 6.07) is 6.72. The van der Waals surface area contributed by atoms with Gasteiger partial charge in [-0.15, -0.1) is 0 Å². The number of aliphatic hydroxyl groups excluding tert-OH is 1. The third-order valence-electron chi connectivity index (χ3n) is 2.85. The van der Waals surface area contributed by atoms with Gasteiger partial charge in [-0.05, 0) is 26.2 Å². The minimum atomic E-state index is -0.734. The van der Waals surface area contributed by atoms with E-state index in [1.54, 1.807) is 24.3 Å². The third-order valence-corrected chi connectivity index (χ3v) is 2.85. The monoisotopic (exact) mass is 248 g/mol. The third kappa shape index (κ3) is 2.27. The number of carbonyl (C=O) groups is 2.